The van der Waals surface area contributed by atoms with E-state index in [9.17, 15) is 9.59 Å². The monoisotopic (exact) mass is 373 g/mol. The molecule has 0 spiro atoms. The number of esters is 1. The first kappa shape index (κ1) is 20.1. The first-order valence-electron chi connectivity index (χ1n) is 8.50. The summed E-state index contributed by atoms with van der Waals surface area (Å²) in [6.45, 7) is 2.27. The van der Waals surface area contributed by atoms with E-state index in [1.54, 1.807) is 31.2 Å². The van der Waals surface area contributed by atoms with Crippen LogP contribution in [0.2, 0.25) is 0 Å². The molecular formula is C20H23NO6. The van der Waals surface area contributed by atoms with Crippen molar-refractivity contribution >= 4 is 12.1 Å². The van der Waals surface area contributed by atoms with Gasteiger partial charge in [-0.15, -0.1) is 0 Å². The molecule has 0 heterocycles. The summed E-state index contributed by atoms with van der Waals surface area (Å²) in [7, 11) is 1.26. The number of alkyl carbamates (subject to hydrolysis) is 1. The van der Waals surface area contributed by atoms with Crippen molar-refractivity contribution < 1.29 is 28.5 Å². The Balaban J connectivity index is 1.72. The lowest BCUT2D eigenvalue weighted by Crippen LogP contribution is -2.31. The van der Waals surface area contributed by atoms with Crippen LogP contribution in [0.1, 0.15) is 12.5 Å². The Hall–Kier alpha value is -3.22. The first-order valence-corrected chi connectivity index (χ1v) is 8.50. The molecule has 1 N–H and O–H groups in total. The van der Waals surface area contributed by atoms with E-state index in [4.69, 9.17) is 14.2 Å². The number of methoxy groups -OCH3 is 1. The number of carbonyl (C=O) groups is 2. The molecule has 1 atom stereocenters. The van der Waals surface area contributed by atoms with Gasteiger partial charge in [0.05, 0.1) is 13.7 Å². The Labute approximate surface area is 158 Å². The van der Waals surface area contributed by atoms with Gasteiger partial charge < -0.3 is 24.3 Å². The van der Waals surface area contributed by atoms with Crippen LogP contribution >= 0.6 is 0 Å². The largest absolute Gasteiger partial charge is 0.489 e. The summed E-state index contributed by atoms with van der Waals surface area (Å²) >= 11 is 0. The van der Waals surface area contributed by atoms with Gasteiger partial charge in [-0.2, -0.15) is 0 Å². The van der Waals surface area contributed by atoms with Crippen molar-refractivity contribution in [2.75, 3.05) is 20.3 Å². The minimum absolute atomic E-state index is 0.0356. The van der Waals surface area contributed by atoms with Crippen LogP contribution in [0.3, 0.4) is 0 Å². The normalized spacial score (nSPS) is 11.2. The van der Waals surface area contributed by atoms with E-state index in [1.807, 2.05) is 30.3 Å². The van der Waals surface area contributed by atoms with Crippen molar-refractivity contribution in [3.8, 4) is 11.5 Å². The SMILES string of the molecule is COC(=O)NCCOC(=O)C(C)Oc1ccc(OCc2ccccc2)cc1. The van der Waals surface area contributed by atoms with Crippen LogP contribution in [-0.4, -0.2) is 38.4 Å². The Kier molecular flexibility index (Phi) is 7.96. The highest BCUT2D eigenvalue weighted by atomic mass is 16.6. The van der Waals surface area contributed by atoms with Gasteiger partial charge in [-0.1, -0.05) is 30.3 Å². The van der Waals surface area contributed by atoms with Crippen LogP contribution in [0.15, 0.2) is 54.6 Å². The molecule has 7 nitrogen and oxygen atoms in total. The standard InChI is InChI=1S/C20H23NO6/c1-15(19(22)25-13-12-21-20(23)24-2)27-18-10-8-17(9-11-18)26-14-16-6-4-3-5-7-16/h3-11,15H,12-14H2,1-2H3,(H,21,23). The maximum atomic E-state index is 11.9. The number of nitrogens with one attached hydrogen (secondary N) is 1. The molecule has 7 heteroatoms. The predicted molar refractivity (Wildman–Crippen MR) is 98.7 cm³/mol. The van der Waals surface area contributed by atoms with E-state index in [-0.39, 0.29) is 13.2 Å². The number of amides is 1. The first-order chi connectivity index (χ1) is 13.1. The van der Waals surface area contributed by atoms with E-state index in [2.05, 4.69) is 10.1 Å². The van der Waals surface area contributed by atoms with Crippen molar-refractivity contribution in [1.82, 2.24) is 5.32 Å². The van der Waals surface area contributed by atoms with E-state index in [1.165, 1.54) is 7.11 Å². The molecule has 0 saturated carbocycles. The molecule has 1 amide bonds. The topological polar surface area (TPSA) is 83.1 Å². The number of ether oxygens (including phenoxy) is 4. The zero-order valence-electron chi connectivity index (χ0n) is 15.3. The molecule has 0 fully saturated rings. The summed E-state index contributed by atoms with van der Waals surface area (Å²) in [5.74, 6) is 0.709. The van der Waals surface area contributed by atoms with Crippen LogP contribution in [0, 0.1) is 0 Å². The minimum atomic E-state index is -0.779. The van der Waals surface area contributed by atoms with E-state index < -0.39 is 18.2 Å². The molecule has 0 aliphatic carbocycles. The van der Waals surface area contributed by atoms with E-state index >= 15 is 0 Å². The van der Waals surface area contributed by atoms with E-state index in [0.29, 0.717) is 18.1 Å². The van der Waals surface area contributed by atoms with Crippen molar-refractivity contribution in [1.29, 1.82) is 0 Å². The molecule has 0 bridgehead atoms. The fourth-order valence-electron chi connectivity index (χ4n) is 2.10. The van der Waals surface area contributed by atoms with Crippen LogP contribution in [0.5, 0.6) is 11.5 Å². The lowest BCUT2D eigenvalue weighted by Gasteiger charge is -2.14. The summed E-state index contributed by atoms with van der Waals surface area (Å²) in [5.41, 5.74) is 1.08. The number of hydrogen-bond donors (Lipinski definition) is 1. The number of carbonyl (C=O) groups excluding carboxylic acids is 2. The Morgan fingerprint density at radius 3 is 2.33 bits per heavy atom. The van der Waals surface area contributed by atoms with Crippen LogP contribution < -0.4 is 14.8 Å². The molecule has 27 heavy (non-hydrogen) atoms. The Morgan fingerprint density at radius 1 is 1.00 bits per heavy atom. The summed E-state index contributed by atoms with van der Waals surface area (Å²) in [4.78, 5) is 22.7. The van der Waals surface area contributed by atoms with Crippen LogP contribution in [-0.2, 0) is 20.9 Å². The molecule has 0 aliphatic heterocycles. The quantitative estimate of drug-likeness (QED) is 0.537. The van der Waals surface area contributed by atoms with Crippen molar-refractivity contribution in [2.45, 2.75) is 19.6 Å². The van der Waals surface area contributed by atoms with Gasteiger partial charge in [0.1, 0.15) is 24.7 Å². The molecule has 0 radical (unpaired) electrons. The second-order valence-electron chi connectivity index (χ2n) is 5.59. The lowest BCUT2D eigenvalue weighted by molar-refractivity contribution is -0.150. The summed E-state index contributed by atoms with van der Waals surface area (Å²) in [6, 6.07) is 16.9. The van der Waals surface area contributed by atoms with Gasteiger partial charge in [-0.3, -0.25) is 0 Å². The van der Waals surface area contributed by atoms with Gasteiger partial charge in [-0.25, -0.2) is 9.59 Å². The summed E-state index contributed by atoms with van der Waals surface area (Å²) in [6.07, 6.45) is -1.36. The molecule has 2 aromatic carbocycles. The third-order valence-corrected chi connectivity index (χ3v) is 3.52. The smallest absolute Gasteiger partial charge is 0.406 e. The zero-order chi connectivity index (χ0) is 19.5. The molecule has 144 valence electrons. The van der Waals surface area contributed by atoms with Crippen LogP contribution in [0.4, 0.5) is 4.79 Å². The van der Waals surface area contributed by atoms with Crippen molar-refractivity contribution in [3.05, 3.63) is 60.2 Å². The summed E-state index contributed by atoms with van der Waals surface area (Å²) < 4.78 is 20.7. The fourth-order valence-corrected chi connectivity index (χ4v) is 2.10. The third kappa shape index (κ3) is 7.27. The fraction of sp³-hybridized carbons (Fsp3) is 0.300. The lowest BCUT2D eigenvalue weighted by atomic mass is 10.2. The van der Waals surface area contributed by atoms with Gasteiger partial charge in [0, 0.05) is 0 Å². The average Bonchev–Trinajstić information content (AvgIpc) is 2.71. The van der Waals surface area contributed by atoms with E-state index in [0.717, 1.165) is 5.56 Å². The second kappa shape index (κ2) is 10.7. The average molecular weight is 373 g/mol. The van der Waals surface area contributed by atoms with Gasteiger partial charge in [0.15, 0.2) is 6.10 Å². The molecule has 0 aromatic heterocycles. The van der Waals surface area contributed by atoms with Crippen LogP contribution in [0.25, 0.3) is 0 Å². The van der Waals surface area contributed by atoms with Crippen molar-refractivity contribution in [2.24, 2.45) is 0 Å². The summed E-state index contributed by atoms with van der Waals surface area (Å²) in [5, 5.41) is 2.41. The zero-order valence-corrected chi connectivity index (χ0v) is 15.3. The molecule has 2 aromatic rings. The predicted octanol–water partition coefficient (Wildman–Crippen LogP) is 2.93. The molecule has 0 saturated heterocycles. The van der Waals surface area contributed by atoms with Gasteiger partial charge in [0.25, 0.3) is 0 Å². The number of hydrogen-bond acceptors (Lipinski definition) is 6. The highest BCUT2D eigenvalue weighted by molar-refractivity contribution is 5.74. The number of rotatable bonds is 9. The number of benzene rings is 2. The second-order valence-corrected chi connectivity index (χ2v) is 5.59. The highest BCUT2D eigenvalue weighted by Gasteiger charge is 2.16. The minimum Gasteiger partial charge on any atom is -0.489 e. The van der Waals surface area contributed by atoms with Gasteiger partial charge in [-0.05, 0) is 36.8 Å². The highest BCUT2D eigenvalue weighted by Crippen LogP contribution is 2.20. The maximum Gasteiger partial charge on any atom is 0.406 e. The molecule has 0 aliphatic rings. The van der Waals surface area contributed by atoms with Crippen molar-refractivity contribution in [3.63, 3.8) is 0 Å². The molecular weight excluding hydrogens is 350 g/mol. The van der Waals surface area contributed by atoms with Gasteiger partial charge >= 0.3 is 12.1 Å². The third-order valence-electron chi connectivity index (χ3n) is 3.52. The van der Waals surface area contributed by atoms with Gasteiger partial charge in [0.2, 0.25) is 0 Å². The molecule has 2 rings (SSSR count). The molecule has 1 unspecified atom stereocenters. The maximum absolute atomic E-state index is 11.9. The Morgan fingerprint density at radius 2 is 1.67 bits per heavy atom. The Bertz CT molecular complexity index is 717.